The molecule has 21 heavy (non-hydrogen) atoms. The maximum Gasteiger partial charge on any atom is 0.323 e. The number of likely N-dealkylation sites (tertiary alicyclic amines) is 1. The Morgan fingerprint density at radius 2 is 1.67 bits per heavy atom. The predicted octanol–water partition coefficient (Wildman–Crippen LogP) is 0.456. The van der Waals surface area contributed by atoms with E-state index in [0.29, 0.717) is 25.9 Å². The van der Waals surface area contributed by atoms with E-state index >= 15 is 0 Å². The van der Waals surface area contributed by atoms with Crippen molar-refractivity contribution in [3.05, 3.63) is 0 Å². The first kappa shape index (κ1) is 15.6. The van der Waals surface area contributed by atoms with Crippen LogP contribution < -0.4 is 0 Å². The van der Waals surface area contributed by atoms with Gasteiger partial charge < -0.3 is 19.8 Å². The number of piperidine rings is 1. The van der Waals surface area contributed by atoms with Crippen LogP contribution in [0.1, 0.15) is 25.7 Å². The lowest BCUT2D eigenvalue weighted by atomic mass is 9.95. The summed E-state index contributed by atoms with van der Waals surface area (Å²) < 4.78 is 0. The van der Waals surface area contributed by atoms with E-state index in [4.69, 9.17) is 5.11 Å². The van der Waals surface area contributed by atoms with Crippen LogP contribution in [0.3, 0.4) is 0 Å². The third kappa shape index (κ3) is 3.86. The van der Waals surface area contributed by atoms with Crippen molar-refractivity contribution < 1.29 is 19.5 Å². The minimum atomic E-state index is -0.963. The van der Waals surface area contributed by atoms with Crippen molar-refractivity contribution in [1.29, 1.82) is 0 Å². The fourth-order valence-corrected chi connectivity index (χ4v) is 2.75. The lowest BCUT2D eigenvalue weighted by Gasteiger charge is -2.35. The molecule has 1 saturated carbocycles. The van der Waals surface area contributed by atoms with Crippen LogP contribution in [0.25, 0.3) is 0 Å². The molecule has 7 heteroatoms. The van der Waals surface area contributed by atoms with Crippen LogP contribution in [-0.4, -0.2) is 77.5 Å². The lowest BCUT2D eigenvalue weighted by molar-refractivity contribution is -0.147. The summed E-state index contributed by atoms with van der Waals surface area (Å²) in [5, 5.41) is 8.93. The fraction of sp³-hybridized carbons (Fsp3) is 0.786. The van der Waals surface area contributed by atoms with Gasteiger partial charge in [-0.1, -0.05) is 0 Å². The van der Waals surface area contributed by atoms with Crippen LogP contribution in [0.5, 0.6) is 0 Å². The largest absolute Gasteiger partial charge is 0.480 e. The Morgan fingerprint density at radius 1 is 1.10 bits per heavy atom. The monoisotopic (exact) mass is 297 g/mol. The molecule has 0 aromatic heterocycles. The van der Waals surface area contributed by atoms with Gasteiger partial charge in [0, 0.05) is 39.1 Å². The number of hydrogen-bond donors (Lipinski definition) is 1. The summed E-state index contributed by atoms with van der Waals surface area (Å²) in [5.74, 6) is -1.18. The van der Waals surface area contributed by atoms with Crippen LogP contribution in [0.4, 0.5) is 4.79 Å². The minimum absolute atomic E-state index is 0.0366. The molecule has 7 nitrogen and oxygen atoms in total. The van der Waals surface area contributed by atoms with Gasteiger partial charge in [0.05, 0.1) is 0 Å². The second kappa shape index (κ2) is 6.32. The van der Waals surface area contributed by atoms with Crippen molar-refractivity contribution in [3.63, 3.8) is 0 Å². The van der Waals surface area contributed by atoms with Crippen molar-refractivity contribution in [3.8, 4) is 0 Å². The molecular formula is C14H23N3O4. The number of carboxylic acid groups (broad SMARTS) is 1. The first-order chi connectivity index (χ1) is 9.90. The van der Waals surface area contributed by atoms with Crippen molar-refractivity contribution in [2.75, 3.05) is 33.7 Å². The first-order valence-corrected chi connectivity index (χ1v) is 7.38. The van der Waals surface area contributed by atoms with Crippen LogP contribution in [0.15, 0.2) is 0 Å². The van der Waals surface area contributed by atoms with E-state index in [9.17, 15) is 14.4 Å². The van der Waals surface area contributed by atoms with E-state index in [-0.39, 0.29) is 30.4 Å². The third-order valence-corrected chi connectivity index (χ3v) is 4.07. The lowest BCUT2D eigenvalue weighted by Crippen LogP contribution is -2.48. The Balaban J connectivity index is 1.90. The standard InChI is InChI=1S/C14H23N3O4/c1-15(2)14(21)16-7-5-10(6-8-16)13(20)17(9-12(18)19)11-3-4-11/h10-11H,3-9H2,1-2H3,(H,18,19). The second-order valence-corrected chi connectivity index (χ2v) is 6.03. The number of urea groups is 1. The van der Waals surface area contributed by atoms with Gasteiger partial charge in [0.25, 0.3) is 0 Å². The Bertz CT molecular complexity index is 426. The number of carbonyl (C=O) groups excluding carboxylic acids is 2. The first-order valence-electron chi connectivity index (χ1n) is 7.38. The van der Waals surface area contributed by atoms with E-state index in [1.54, 1.807) is 19.0 Å². The van der Waals surface area contributed by atoms with E-state index in [0.717, 1.165) is 12.8 Å². The molecule has 1 N–H and O–H groups in total. The van der Waals surface area contributed by atoms with Crippen molar-refractivity contribution >= 4 is 17.9 Å². The maximum absolute atomic E-state index is 12.5. The molecule has 118 valence electrons. The number of hydrogen-bond acceptors (Lipinski definition) is 3. The quantitative estimate of drug-likeness (QED) is 0.817. The van der Waals surface area contributed by atoms with Gasteiger partial charge in [-0.15, -0.1) is 0 Å². The van der Waals surface area contributed by atoms with Gasteiger partial charge in [0.1, 0.15) is 6.54 Å². The average molecular weight is 297 g/mol. The summed E-state index contributed by atoms with van der Waals surface area (Å²) in [7, 11) is 3.42. The predicted molar refractivity (Wildman–Crippen MR) is 75.8 cm³/mol. The summed E-state index contributed by atoms with van der Waals surface area (Å²) in [6, 6.07) is 0.0699. The molecule has 2 aliphatic rings. The van der Waals surface area contributed by atoms with Crippen LogP contribution >= 0.6 is 0 Å². The summed E-state index contributed by atoms with van der Waals surface area (Å²) in [4.78, 5) is 40.0. The van der Waals surface area contributed by atoms with E-state index < -0.39 is 5.97 Å². The topological polar surface area (TPSA) is 81.2 Å². The Hall–Kier alpha value is -1.79. The summed E-state index contributed by atoms with van der Waals surface area (Å²) in [5.41, 5.74) is 0. The van der Waals surface area contributed by atoms with Gasteiger partial charge in [-0.3, -0.25) is 9.59 Å². The number of nitrogens with zero attached hydrogens (tertiary/aromatic N) is 3. The molecule has 1 aliphatic carbocycles. The van der Waals surface area contributed by atoms with Crippen molar-refractivity contribution in [1.82, 2.24) is 14.7 Å². The molecule has 0 spiro atoms. The summed E-state index contributed by atoms with van der Waals surface area (Å²) in [6.45, 7) is 0.901. The van der Waals surface area contributed by atoms with E-state index in [2.05, 4.69) is 0 Å². The fourth-order valence-electron chi connectivity index (χ4n) is 2.75. The van der Waals surface area contributed by atoms with Crippen LogP contribution in [0.2, 0.25) is 0 Å². The normalized spacial score (nSPS) is 19.2. The molecule has 1 saturated heterocycles. The van der Waals surface area contributed by atoms with Gasteiger partial charge in [0.15, 0.2) is 0 Å². The Morgan fingerprint density at radius 3 is 2.10 bits per heavy atom. The van der Waals surface area contributed by atoms with Gasteiger partial charge in [-0.05, 0) is 25.7 Å². The summed E-state index contributed by atoms with van der Waals surface area (Å²) >= 11 is 0. The molecule has 0 unspecified atom stereocenters. The number of aliphatic carboxylic acids is 1. The molecule has 2 rings (SSSR count). The highest BCUT2D eigenvalue weighted by Gasteiger charge is 2.38. The SMILES string of the molecule is CN(C)C(=O)N1CCC(C(=O)N(CC(=O)O)C2CC2)CC1. The maximum atomic E-state index is 12.5. The van der Waals surface area contributed by atoms with Crippen molar-refractivity contribution in [2.24, 2.45) is 5.92 Å². The smallest absolute Gasteiger partial charge is 0.323 e. The average Bonchev–Trinajstić information content (AvgIpc) is 3.27. The number of carbonyl (C=O) groups is 3. The van der Waals surface area contributed by atoms with Crippen LogP contribution in [-0.2, 0) is 9.59 Å². The van der Waals surface area contributed by atoms with Gasteiger partial charge in [0.2, 0.25) is 5.91 Å². The van der Waals surface area contributed by atoms with Gasteiger partial charge >= 0.3 is 12.0 Å². The number of amides is 3. The van der Waals surface area contributed by atoms with Crippen molar-refractivity contribution in [2.45, 2.75) is 31.7 Å². The van der Waals surface area contributed by atoms with E-state index in [1.165, 1.54) is 9.80 Å². The molecule has 0 aromatic carbocycles. The third-order valence-electron chi connectivity index (χ3n) is 4.07. The minimum Gasteiger partial charge on any atom is -0.480 e. The highest BCUT2D eigenvalue weighted by molar-refractivity contribution is 5.84. The number of rotatable bonds is 4. The molecule has 0 bridgehead atoms. The highest BCUT2D eigenvalue weighted by Crippen LogP contribution is 2.30. The molecule has 1 heterocycles. The van der Waals surface area contributed by atoms with E-state index in [1.807, 2.05) is 0 Å². The highest BCUT2D eigenvalue weighted by atomic mass is 16.4. The molecule has 1 aliphatic heterocycles. The summed E-state index contributed by atoms with van der Waals surface area (Å²) in [6.07, 6.45) is 3.02. The molecule has 0 aromatic rings. The Labute approximate surface area is 124 Å². The molecule has 2 fully saturated rings. The second-order valence-electron chi connectivity index (χ2n) is 6.03. The number of carboxylic acids is 1. The Kier molecular flexibility index (Phi) is 4.69. The zero-order valence-electron chi connectivity index (χ0n) is 12.6. The molecule has 3 amide bonds. The molecule has 0 radical (unpaired) electrons. The van der Waals surface area contributed by atoms with Gasteiger partial charge in [-0.25, -0.2) is 4.79 Å². The molecular weight excluding hydrogens is 274 g/mol. The van der Waals surface area contributed by atoms with Crippen LogP contribution in [0, 0.1) is 5.92 Å². The zero-order valence-corrected chi connectivity index (χ0v) is 12.6. The molecule has 0 atom stereocenters. The zero-order chi connectivity index (χ0) is 15.6. The van der Waals surface area contributed by atoms with Gasteiger partial charge in [-0.2, -0.15) is 0 Å².